The summed E-state index contributed by atoms with van der Waals surface area (Å²) in [6, 6.07) is 27.5. The number of unbranched alkanes of at least 4 members (excludes halogenated alkanes) is 1. The van der Waals surface area contributed by atoms with E-state index in [1.165, 1.54) is 47.7 Å². The topological polar surface area (TPSA) is 92.7 Å². The predicted molar refractivity (Wildman–Crippen MR) is 165 cm³/mol. The first-order valence-corrected chi connectivity index (χ1v) is 15.0. The van der Waals surface area contributed by atoms with Crippen molar-refractivity contribution in [2.24, 2.45) is 5.10 Å². The molecule has 2 aliphatic heterocycles. The SMILES string of the molecule is O=C(O)CN1NN=C(c2ccc(CN(CCCCOc3ccc(CN4CCCC4)cc3)CCc3ccccc3)cc2)N1. The molecule has 2 aliphatic rings. The van der Waals surface area contributed by atoms with Crippen LogP contribution in [0.15, 0.2) is 84.0 Å². The molecule has 1 saturated heterocycles. The molecule has 0 saturated carbocycles. The lowest BCUT2D eigenvalue weighted by Crippen LogP contribution is -2.44. The van der Waals surface area contributed by atoms with Crippen LogP contribution >= 0.6 is 0 Å². The van der Waals surface area contributed by atoms with Crippen LogP contribution in [0.1, 0.15) is 47.9 Å². The van der Waals surface area contributed by atoms with E-state index < -0.39 is 5.97 Å². The third kappa shape index (κ3) is 9.30. The second-order valence-corrected chi connectivity index (χ2v) is 11.0. The molecule has 1 fully saturated rings. The number of hydrogen-bond donors (Lipinski definition) is 3. The zero-order valence-corrected chi connectivity index (χ0v) is 24.3. The summed E-state index contributed by atoms with van der Waals surface area (Å²) in [6.07, 6.45) is 5.71. The molecule has 0 amide bonds. The number of amidine groups is 1. The predicted octanol–water partition coefficient (Wildman–Crippen LogP) is 4.26. The number of benzene rings is 3. The third-order valence-corrected chi connectivity index (χ3v) is 7.68. The fourth-order valence-electron chi connectivity index (χ4n) is 5.37. The van der Waals surface area contributed by atoms with Crippen molar-refractivity contribution >= 4 is 11.8 Å². The summed E-state index contributed by atoms with van der Waals surface area (Å²) in [6.45, 7) is 6.82. The van der Waals surface area contributed by atoms with Crippen LogP contribution in [-0.4, -0.2) is 71.2 Å². The van der Waals surface area contributed by atoms with Crippen LogP contribution in [-0.2, 0) is 24.3 Å². The summed E-state index contributed by atoms with van der Waals surface area (Å²) in [7, 11) is 0. The lowest BCUT2D eigenvalue weighted by Gasteiger charge is -2.23. The van der Waals surface area contributed by atoms with Gasteiger partial charge in [-0.15, -0.1) is 10.2 Å². The quantitative estimate of drug-likeness (QED) is 0.220. The van der Waals surface area contributed by atoms with E-state index in [4.69, 9.17) is 9.84 Å². The largest absolute Gasteiger partial charge is 0.494 e. The van der Waals surface area contributed by atoms with Gasteiger partial charge in [-0.25, -0.2) is 5.53 Å². The average Bonchev–Trinajstić information content (AvgIpc) is 3.69. The van der Waals surface area contributed by atoms with Gasteiger partial charge in [-0.3, -0.25) is 20.0 Å². The van der Waals surface area contributed by atoms with E-state index in [9.17, 15) is 4.79 Å². The highest BCUT2D eigenvalue weighted by Crippen LogP contribution is 2.17. The van der Waals surface area contributed by atoms with Crippen molar-refractivity contribution in [1.29, 1.82) is 0 Å². The van der Waals surface area contributed by atoms with Gasteiger partial charge in [0.05, 0.1) is 6.61 Å². The van der Waals surface area contributed by atoms with Crippen LogP contribution in [0.3, 0.4) is 0 Å². The lowest BCUT2D eigenvalue weighted by molar-refractivity contribution is -0.139. The zero-order valence-electron chi connectivity index (χ0n) is 24.3. The minimum Gasteiger partial charge on any atom is -0.494 e. The highest BCUT2D eigenvalue weighted by molar-refractivity contribution is 5.99. The van der Waals surface area contributed by atoms with Crippen LogP contribution in [0.2, 0.25) is 0 Å². The number of hydrazone groups is 1. The van der Waals surface area contributed by atoms with Gasteiger partial charge < -0.3 is 9.84 Å². The third-order valence-electron chi connectivity index (χ3n) is 7.68. The van der Waals surface area contributed by atoms with Gasteiger partial charge in [0.2, 0.25) is 0 Å². The van der Waals surface area contributed by atoms with E-state index >= 15 is 0 Å². The first-order chi connectivity index (χ1) is 20.6. The first kappa shape index (κ1) is 29.6. The number of ether oxygens (including phenoxy) is 1. The van der Waals surface area contributed by atoms with Crippen molar-refractivity contribution in [3.63, 3.8) is 0 Å². The Morgan fingerprint density at radius 1 is 0.881 bits per heavy atom. The molecule has 0 bridgehead atoms. The monoisotopic (exact) mass is 570 g/mol. The van der Waals surface area contributed by atoms with Gasteiger partial charge in [0.25, 0.3) is 0 Å². The van der Waals surface area contributed by atoms with E-state index in [1.54, 1.807) is 0 Å². The summed E-state index contributed by atoms with van der Waals surface area (Å²) in [5, 5.41) is 14.5. The van der Waals surface area contributed by atoms with E-state index in [2.05, 4.69) is 92.6 Å². The van der Waals surface area contributed by atoms with Crippen molar-refractivity contribution in [2.75, 3.05) is 39.3 Å². The molecule has 3 aromatic rings. The minimum atomic E-state index is -0.939. The van der Waals surface area contributed by atoms with Crippen molar-refractivity contribution in [3.05, 3.63) is 101 Å². The second kappa shape index (κ2) is 15.3. The van der Waals surface area contributed by atoms with Crippen LogP contribution in [0.25, 0.3) is 0 Å². The Hall–Kier alpha value is -3.92. The van der Waals surface area contributed by atoms with Crippen LogP contribution in [0.4, 0.5) is 0 Å². The second-order valence-electron chi connectivity index (χ2n) is 11.0. The lowest BCUT2D eigenvalue weighted by atomic mass is 10.1. The van der Waals surface area contributed by atoms with Gasteiger partial charge in [-0.1, -0.05) is 66.7 Å². The van der Waals surface area contributed by atoms with Crippen molar-refractivity contribution in [2.45, 2.75) is 45.2 Å². The number of aliphatic carboxylic acids is 1. The highest BCUT2D eigenvalue weighted by atomic mass is 16.5. The van der Waals surface area contributed by atoms with Crippen LogP contribution in [0, 0.1) is 0 Å². The van der Waals surface area contributed by atoms with Crippen molar-refractivity contribution in [3.8, 4) is 5.75 Å². The molecule has 0 aromatic heterocycles. The van der Waals surface area contributed by atoms with Gasteiger partial charge in [0.15, 0.2) is 5.84 Å². The molecule has 3 N–H and O–H groups in total. The molecule has 0 radical (unpaired) electrons. The summed E-state index contributed by atoms with van der Waals surface area (Å²) in [5.41, 5.74) is 10.5. The summed E-state index contributed by atoms with van der Waals surface area (Å²) in [4.78, 5) is 16.0. The number of carbonyl (C=O) groups is 1. The van der Waals surface area contributed by atoms with E-state index in [1.807, 2.05) is 12.1 Å². The normalized spacial score (nSPS) is 15.4. The number of hydrazine groups is 2. The number of hydrogen-bond acceptors (Lipinski definition) is 8. The Morgan fingerprint density at radius 2 is 1.62 bits per heavy atom. The van der Waals surface area contributed by atoms with Crippen molar-refractivity contribution in [1.82, 2.24) is 25.9 Å². The maximum absolute atomic E-state index is 10.9. The molecule has 2 heterocycles. The Labute approximate surface area is 248 Å². The molecule has 9 nitrogen and oxygen atoms in total. The molecule has 0 atom stereocenters. The number of carboxylic acids is 1. The standard InChI is InChI=1S/C33H42N6O3/c40-32(41)26-39-35-33(34-36-39)30-14-10-28(11-15-30)25-38(22-18-27-8-2-1-3-9-27)21-6-7-23-42-31-16-12-29(13-17-31)24-37-19-4-5-20-37/h1-3,8-17,36H,4-7,18-26H2,(H,34,35)(H,40,41). The number of nitrogens with one attached hydrogen (secondary N) is 2. The van der Waals surface area contributed by atoms with Crippen LogP contribution < -0.4 is 15.7 Å². The van der Waals surface area contributed by atoms with E-state index in [-0.39, 0.29) is 6.54 Å². The average molecular weight is 571 g/mol. The molecule has 9 heteroatoms. The maximum atomic E-state index is 10.9. The summed E-state index contributed by atoms with van der Waals surface area (Å²) < 4.78 is 6.06. The van der Waals surface area contributed by atoms with Gasteiger partial charge in [0, 0.05) is 25.2 Å². The highest BCUT2D eigenvalue weighted by Gasteiger charge is 2.18. The van der Waals surface area contributed by atoms with Gasteiger partial charge >= 0.3 is 5.97 Å². The maximum Gasteiger partial charge on any atom is 0.321 e. The number of rotatable bonds is 16. The summed E-state index contributed by atoms with van der Waals surface area (Å²) in [5.74, 6) is 0.611. The molecule has 222 valence electrons. The molecule has 5 rings (SSSR count). The fourth-order valence-corrected chi connectivity index (χ4v) is 5.37. The van der Waals surface area contributed by atoms with Gasteiger partial charge in [-0.2, -0.15) is 0 Å². The molecule has 0 spiro atoms. The van der Waals surface area contributed by atoms with E-state index in [0.717, 1.165) is 63.4 Å². The smallest absolute Gasteiger partial charge is 0.321 e. The zero-order chi connectivity index (χ0) is 29.0. The fraction of sp³-hybridized carbons (Fsp3) is 0.394. The molecular weight excluding hydrogens is 528 g/mol. The molecule has 0 aliphatic carbocycles. The minimum absolute atomic E-state index is 0.197. The molecule has 0 unspecified atom stereocenters. The Morgan fingerprint density at radius 3 is 2.36 bits per heavy atom. The van der Waals surface area contributed by atoms with Crippen molar-refractivity contribution < 1.29 is 14.6 Å². The molecule has 42 heavy (non-hydrogen) atoms. The Kier molecular flexibility index (Phi) is 10.8. The van der Waals surface area contributed by atoms with Gasteiger partial charge in [0.1, 0.15) is 12.3 Å². The number of nitrogens with zero attached hydrogens (tertiary/aromatic N) is 4. The Bertz CT molecular complexity index is 1280. The first-order valence-electron chi connectivity index (χ1n) is 15.0. The molecule has 3 aromatic carbocycles. The number of carboxylic acid groups (broad SMARTS) is 1. The molecular formula is C33H42N6O3. The van der Waals surface area contributed by atoms with Gasteiger partial charge in [-0.05, 0) is 80.6 Å². The van der Waals surface area contributed by atoms with E-state index in [0.29, 0.717) is 5.84 Å². The Balaban J connectivity index is 1.08. The van der Waals surface area contributed by atoms with Crippen LogP contribution in [0.5, 0.6) is 5.75 Å². The summed E-state index contributed by atoms with van der Waals surface area (Å²) >= 11 is 0. The number of likely N-dealkylation sites (tertiary alicyclic amines) is 1.